The van der Waals surface area contributed by atoms with Gasteiger partial charge in [-0.05, 0) is 12.0 Å². The summed E-state index contributed by atoms with van der Waals surface area (Å²) in [7, 11) is 0. The van der Waals surface area contributed by atoms with Crippen LogP contribution in [0.15, 0.2) is 11.6 Å². The highest BCUT2D eigenvalue weighted by molar-refractivity contribution is 7.16. The largest absolute Gasteiger partial charge is 0.464 e. The zero-order chi connectivity index (χ0) is 10.3. The van der Waals surface area contributed by atoms with Crippen molar-refractivity contribution in [1.29, 1.82) is 0 Å². The van der Waals surface area contributed by atoms with Crippen LogP contribution in [0.1, 0.15) is 25.5 Å². The molecule has 0 aliphatic heterocycles. The molecule has 0 radical (unpaired) electrons. The minimum atomic E-state index is -0.963. The van der Waals surface area contributed by atoms with Crippen molar-refractivity contribution in [3.63, 3.8) is 0 Å². The molecule has 2 rings (SSSR count). The van der Waals surface area contributed by atoms with Crippen LogP contribution in [0.2, 0.25) is 0 Å². The minimum absolute atomic E-state index is 0.187. The molecule has 0 amide bonds. The van der Waals surface area contributed by atoms with Gasteiger partial charge in [-0.3, -0.25) is 0 Å². The average Bonchev–Trinajstić information content (AvgIpc) is 2.58. The van der Waals surface area contributed by atoms with Gasteiger partial charge in [0.25, 0.3) is 0 Å². The molecule has 2 aromatic heterocycles. The van der Waals surface area contributed by atoms with E-state index in [4.69, 9.17) is 5.11 Å². The molecule has 74 valence electrons. The lowest BCUT2D eigenvalue weighted by atomic mass is 10.1. The standard InChI is InChI=1S/C9H10N2O2S/c1-5(2)6-3-7-8(10-4-14-7)11(6)9(12)13/h3-5H,1-2H3,(H,12,13). The summed E-state index contributed by atoms with van der Waals surface area (Å²) < 4.78 is 2.19. The third-order valence-corrected chi connectivity index (χ3v) is 2.87. The molecule has 4 nitrogen and oxygen atoms in total. The second kappa shape index (κ2) is 3.09. The van der Waals surface area contributed by atoms with E-state index in [1.165, 1.54) is 15.9 Å². The summed E-state index contributed by atoms with van der Waals surface area (Å²) in [5.41, 5.74) is 3.01. The Balaban J connectivity index is 2.76. The first-order valence-corrected chi connectivity index (χ1v) is 5.17. The number of carboxylic acid groups (broad SMARTS) is 1. The number of hydrogen-bond acceptors (Lipinski definition) is 3. The van der Waals surface area contributed by atoms with Crippen LogP contribution in [-0.2, 0) is 0 Å². The smallest absolute Gasteiger partial charge is 0.417 e. The Kier molecular flexibility index (Phi) is 2.03. The highest BCUT2D eigenvalue weighted by Gasteiger charge is 2.17. The van der Waals surface area contributed by atoms with Gasteiger partial charge in [0.1, 0.15) is 0 Å². The molecule has 0 fully saturated rings. The van der Waals surface area contributed by atoms with Gasteiger partial charge in [-0.15, -0.1) is 11.3 Å². The summed E-state index contributed by atoms with van der Waals surface area (Å²) in [5.74, 6) is 0.187. The van der Waals surface area contributed by atoms with Gasteiger partial charge in [-0.2, -0.15) is 0 Å². The van der Waals surface area contributed by atoms with Crippen LogP contribution >= 0.6 is 11.3 Å². The molecule has 14 heavy (non-hydrogen) atoms. The molecule has 0 spiro atoms. The molecular formula is C9H10N2O2S. The van der Waals surface area contributed by atoms with Crippen LogP contribution in [0.4, 0.5) is 4.79 Å². The first kappa shape index (κ1) is 9.21. The van der Waals surface area contributed by atoms with Crippen molar-refractivity contribution in [2.75, 3.05) is 0 Å². The van der Waals surface area contributed by atoms with Gasteiger partial charge >= 0.3 is 6.09 Å². The number of thiazole rings is 1. The molecule has 2 aromatic rings. The first-order valence-electron chi connectivity index (χ1n) is 4.29. The van der Waals surface area contributed by atoms with E-state index >= 15 is 0 Å². The lowest BCUT2D eigenvalue weighted by Crippen LogP contribution is -2.12. The quantitative estimate of drug-likeness (QED) is 0.787. The molecule has 0 bridgehead atoms. The van der Waals surface area contributed by atoms with Gasteiger partial charge in [0.2, 0.25) is 0 Å². The molecule has 0 saturated heterocycles. The summed E-state index contributed by atoms with van der Waals surface area (Å²) in [6.07, 6.45) is -0.963. The highest BCUT2D eigenvalue weighted by atomic mass is 32.1. The van der Waals surface area contributed by atoms with Gasteiger partial charge < -0.3 is 5.11 Å². The van der Waals surface area contributed by atoms with Gasteiger partial charge in [0.15, 0.2) is 5.65 Å². The maximum atomic E-state index is 11.0. The molecule has 1 N–H and O–H groups in total. The van der Waals surface area contributed by atoms with Crippen LogP contribution in [0.25, 0.3) is 10.3 Å². The van der Waals surface area contributed by atoms with Gasteiger partial charge in [-0.25, -0.2) is 14.3 Å². The molecule has 0 atom stereocenters. The van der Waals surface area contributed by atoms with E-state index in [0.29, 0.717) is 5.65 Å². The Hall–Kier alpha value is -1.36. The third-order valence-electron chi connectivity index (χ3n) is 2.11. The molecule has 0 unspecified atom stereocenters. The molecule has 2 heterocycles. The fraction of sp³-hybridized carbons (Fsp3) is 0.333. The van der Waals surface area contributed by atoms with E-state index in [1.54, 1.807) is 5.51 Å². The summed E-state index contributed by atoms with van der Waals surface area (Å²) in [6.45, 7) is 3.94. The number of carbonyl (C=O) groups is 1. The van der Waals surface area contributed by atoms with Crippen LogP contribution in [-0.4, -0.2) is 20.8 Å². The second-order valence-electron chi connectivity index (χ2n) is 3.38. The number of aromatic nitrogens is 2. The number of rotatable bonds is 1. The van der Waals surface area contributed by atoms with Crippen molar-refractivity contribution in [3.05, 3.63) is 17.3 Å². The van der Waals surface area contributed by atoms with Crippen molar-refractivity contribution in [2.24, 2.45) is 0 Å². The summed E-state index contributed by atoms with van der Waals surface area (Å²) in [4.78, 5) is 15.1. The molecule has 0 aliphatic rings. The zero-order valence-corrected chi connectivity index (χ0v) is 8.71. The van der Waals surface area contributed by atoms with Gasteiger partial charge in [0.05, 0.1) is 10.2 Å². The Bertz CT molecular complexity index is 484. The van der Waals surface area contributed by atoms with Crippen LogP contribution in [0.3, 0.4) is 0 Å². The SMILES string of the molecule is CC(C)c1cc2scnc2n1C(=O)O. The number of nitrogens with zero attached hydrogens (tertiary/aromatic N) is 2. The van der Waals surface area contributed by atoms with Crippen LogP contribution < -0.4 is 0 Å². The summed E-state index contributed by atoms with van der Waals surface area (Å²) >= 11 is 1.46. The summed E-state index contributed by atoms with van der Waals surface area (Å²) in [5, 5.41) is 9.05. The molecule has 0 aliphatic carbocycles. The van der Waals surface area contributed by atoms with Crippen molar-refractivity contribution in [2.45, 2.75) is 19.8 Å². The van der Waals surface area contributed by atoms with Crippen LogP contribution in [0, 0.1) is 0 Å². The van der Waals surface area contributed by atoms with Crippen molar-refractivity contribution < 1.29 is 9.90 Å². The average molecular weight is 210 g/mol. The fourth-order valence-electron chi connectivity index (χ4n) is 1.46. The van der Waals surface area contributed by atoms with E-state index in [2.05, 4.69) is 4.98 Å². The van der Waals surface area contributed by atoms with Gasteiger partial charge in [-0.1, -0.05) is 13.8 Å². The van der Waals surface area contributed by atoms with E-state index in [9.17, 15) is 4.79 Å². The lowest BCUT2D eigenvalue weighted by molar-refractivity contribution is 0.196. The Morgan fingerprint density at radius 3 is 2.93 bits per heavy atom. The summed E-state index contributed by atoms with van der Waals surface area (Å²) in [6, 6.07) is 1.89. The maximum absolute atomic E-state index is 11.0. The lowest BCUT2D eigenvalue weighted by Gasteiger charge is -2.06. The monoisotopic (exact) mass is 210 g/mol. The molecule has 0 saturated carbocycles. The molecule has 5 heteroatoms. The van der Waals surface area contributed by atoms with E-state index in [0.717, 1.165) is 10.4 Å². The minimum Gasteiger partial charge on any atom is -0.464 e. The zero-order valence-electron chi connectivity index (χ0n) is 7.89. The normalized spacial score (nSPS) is 11.4. The Morgan fingerprint density at radius 1 is 1.64 bits per heavy atom. The predicted molar refractivity (Wildman–Crippen MR) is 55.1 cm³/mol. The Morgan fingerprint density at radius 2 is 2.36 bits per heavy atom. The van der Waals surface area contributed by atoms with Gasteiger partial charge in [0, 0.05) is 5.69 Å². The highest BCUT2D eigenvalue weighted by Crippen LogP contribution is 2.26. The van der Waals surface area contributed by atoms with Crippen molar-refractivity contribution >= 4 is 27.8 Å². The number of hydrogen-bond donors (Lipinski definition) is 1. The third kappa shape index (κ3) is 1.21. The second-order valence-corrected chi connectivity index (χ2v) is 4.27. The molecule has 0 aromatic carbocycles. The van der Waals surface area contributed by atoms with E-state index in [1.807, 2.05) is 19.9 Å². The van der Waals surface area contributed by atoms with E-state index < -0.39 is 6.09 Å². The fourth-order valence-corrected chi connectivity index (χ4v) is 2.17. The van der Waals surface area contributed by atoms with E-state index in [-0.39, 0.29) is 5.92 Å². The first-order chi connectivity index (χ1) is 6.61. The molecular weight excluding hydrogens is 200 g/mol. The predicted octanol–water partition coefficient (Wildman–Crippen LogP) is 2.75. The Labute approximate surface area is 84.8 Å². The van der Waals surface area contributed by atoms with Crippen LogP contribution in [0.5, 0.6) is 0 Å². The van der Waals surface area contributed by atoms with Crippen molar-refractivity contribution in [3.8, 4) is 0 Å². The maximum Gasteiger partial charge on any atom is 0.417 e. The number of fused-ring (bicyclic) bond motifs is 1. The topological polar surface area (TPSA) is 55.1 Å². The van der Waals surface area contributed by atoms with Crippen molar-refractivity contribution in [1.82, 2.24) is 9.55 Å².